The molecule has 2 N–H and O–H groups in total. The molecular formula is C13H20ClN3S. The van der Waals surface area contributed by atoms with Crippen LogP contribution in [0.5, 0.6) is 0 Å². The van der Waals surface area contributed by atoms with E-state index in [9.17, 15) is 0 Å². The lowest BCUT2D eigenvalue weighted by molar-refractivity contribution is 0.161. The van der Waals surface area contributed by atoms with Crippen LogP contribution in [0.25, 0.3) is 0 Å². The third-order valence-electron chi connectivity index (χ3n) is 3.24. The maximum atomic E-state index is 6.00. The topological polar surface area (TPSA) is 32.5 Å². The maximum Gasteiger partial charge on any atom is 0.0646 e. The van der Waals surface area contributed by atoms with Crippen LogP contribution in [0.2, 0.25) is 5.02 Å². The van der Waals surface area contributed by atoms with Gasteiger partial charge < -0.3 is 10.6 Å². The van der Waals surface area contributed by atoms with Gasteiger partial charge in [0, 0.05) is 43.4 Å². The van der Waals surface area contributed by atoms with E-state index < -0.39 is 0 Å². The number of hydrogen-bond donors (Lipinski definition) is 1. The lowest BCUT2D eigenvalue weighted by Gasteiger charge is -2.32. The van der Waals surface area contributed by atoms with E-state index in [0.29, 0.717) is 10.7 Å². The number of nitrogen functional groups attached to an aromatic ring is 1. The summed E-state index contributed by atoms with van der Waals surface area (Å²) in [6.45, 7) is 5.86. The van der Waals surface area contributed by atoms with E-state index >= 15 is 0 Å². The molecule has 5 heteroatoms. The lowest BCUT2D eigenvalue weighted by atomic mass is 10.3. The van der Waals surface area contributed by atoms with Crippen LogP contribution in [0.1, 0.15) is 0 Å². The molecule has 18 heavy (non-hydrogen) atoms. The Morgan fingerprint density at radius 1 is 1.28 bits per heavy atom. The van der Waals surface area contributed by atoms with Gasteiger partial charge in [0.05, 0.1) is 10.7 Å². The Labute approximate surface area is 118 Å². The molecule has 100 valence electrons. The van der Waals surface area contributed by atoms with Crippen molar-refractivity contribution < 1.29 is 0 Å². The van der Waals surface area contributed by atoms with Gasteiger partial charge in [-0.2, -0.15) is 0 Å². The molecule has 3 nitrogen and oxygen atoms in total. The van der Waals surface area contributed by atoms with Crippen molar-refractivity contribution in [3.8, 4) is 0 Å². The van der Waals surface area contributed by atoms with Gasteiger partial charge in [0.15, 0.2) is 0 Å². The average Bonchev–Trinajstić information content (AvgIpc) is 2.36. The van der Waals surface area contributed by atoms with Crippen molar-refractivity contribution >= 4 is 29.1 Å². The molecular weight excluding hydrogens is 266 g/mol. The van der Waals surface area contributed by atoms with Crippen LogP contribution >= 0.6 is 23.4 Å². The summed E-state index contributed by atoms with van der Waals surface area (Å²) < 4.78 is 0. The van der Waals surface area contributed by atoms with Gasteiger partial charge in [0.1, 0.15) is 0 Å². The van der Waals surface area contributed by atoms with Crippen LogP contribution in [0.3, 0.4) is 0 Å². The monoisotopic (exact) mass is 285 g/mol. The highest BCUT2D eigenvalue weighted by atomic mass is 35.5. The van der Waals surface area contributed by atoms with Crippen molar-refractivity contribution in [2.75, 3.05) is 51.3 Å². The zero-order valence-corrected chi connectivity index (χ0v) is 12.3. The highest BCUT2D eigenvalue weighted by molar-refractivity contribution is 7.99. The molecule has 1 saturated heterocycles. The number of anilines is 1. The van der Waals surface area contributed by atoms with Crippen LogP contribution in [0.4, 0.5) is 5.69 Å². The highest BCUT2D eigenvalue weighted by Gasteiger charge is 2.12. The van der Waals surface area contributed by atoms with Crippen LogP contribution in [-0.4, -0.2) is 55.3 Å². The van der Waals surface area contributed by atoms with Crippen LogP contribution in [-0.2, 0) is 0 Å². The van der Waals surface area contributed by atoms with Gasteiger partial charge in [-0.25, -0.2) is 0 Å². The number of nitrogens with two attached hydrogens (primary N) is 1. The highest BCUT2D eigenvalue weighted by Crippen LogP contribution is 2.26. The third-order valence-corrected chi connectivity index (χ3v) is 4.55. The largest absolute Gasteiger partial charge is 0.398 e. The summed E-state index contributed by atoms with van der Waals surface area (Å²) in [7, 11) is 2.18. The molecule has 0 amide bonds. The minimum Gasteiger partial charge on any atom is -0.398 e. The Bertz CT molecular complexity index is 392. The summed E-state index contributed by atoms with van der Waals surface area (Å²) in [6.07, 6.45) is 0. The van der Waals surface area contributed by atoms with E-state index in [1.165, 1.54) is 31.1 Å². The maximum absolute atomic E-state index is 6.00. The Hall–Kier alpha value is -0.420. The van der Waals surface area contributed by atoms with Gasteiger partial charge in [-0.1, -0.05) is 11.6 Å². The summed E-state index contributed by atoms with van der Waals surface area (Å²) >= 11 is 7.85. The van der Waals surface area contributed by atoms with Crippen molar-refractivity contribution in [1.29, 1.82) is 0 Å². The van der Waals surface area contributed by atoms with E-state index in [1.54, 1.807) is 0 Å². The number of nitrogens with zero attached hydrogens (tertiary/aromatic N) is 2. The first-order valence-electron chi connectivity index (χ1n) is 6.24. The van der Waals surface area contributed by atoms with Crippen molar-refractivity contribution in [2.45, 2.75) is 4.90 Å². The summed E-state index contributed by atoms with van der Waals surface area (Å²) in [5, 5.41) is 0.652. The zero-order chi connectivity index (χ0) is 13.0. The summed E-state index contributed by atoms with van der Waals surface area (Å²) in [5.41, 5.74) is 6.35. The fraction of sp³-hybridized carbons (Fsp3) is 0.538. The Morgan fingerprint density at radius 2 is 2.00 bits per heavy atom. The SMILES string of the molecule is CN1CCN(CCSc2ccc(N)c(Cl)c2)CC1. The molecule has 1 aromatic carbocycles. The molecule has 2 rings (SSSR count). The van der Waals surface area contributed by atoms with Crippen molar-refractivity contribution in [1.82, 2.24) is 9.80 Å². The van der Waals surface area contributed by atoms with Crippen molar-refractivity contribution in [3.05, 3.63) is 23.2 Å². The first-order chi connectivity index (χ1) is 8.65. The van der Waals surface area contributed by atoms with Crippen molar-refractivity contribution in [2.24, 2.45) is 0 Å². The van der Waals surface area contributed by atoms with Crippen molar-refractivity contribution in [3.63, 3.8) is 0 Å². The Kier molecular flexibility index (Phi) is 5.18. The zero-order valence-electron chi connectivity index (χ0n) is 10.7. The molecule has 1 fully saturated rings. The van der Waals surface area contributed by atoms with Gasteiger partial charge in [0.25, 0.3) is 0 Å². The molecule has 0 aliphatic carbocycles. The Balaban J connectivity index is 1.73. The second kappa shape index (κ2) is 6.66. The molecule has 1 aliphatic rings. The second-order valence-electron chi connectivity index (χ2n) is 4.68. The van der Waals surface area contributed by atoms with Gasteiger partial charge in [0.2, 0.25) is 0 Å². The average molecular weight is 286 g/mol. The Morgan fingerprint density at radius 3 is 2.67 bits per heavy atom. The number of thioether (sulfide) groups is 1. The predicted octanol–water partition coefficient (Wildman–Crippen LogP) is 2.26. The smallest absolute Gasteiger partial charge is 0.0646 e. The first kappa shape index (κ1) is 14.0. The van der Waals surface area contributed by atoms with Gasteiger partial charge in [-0.3, -0.25) is 4.90 Å². The third kappa shape index (κ3) is 4.05. The van der Waals surface area contributed by atoms with Crippen LogP contribution in [0, 0.1) is 0 Å². The summed E-state index contributed by atoms with van der Waals surface area (Å²) in [6, 6.07) is 5.86. The molecule has 0 radical (unpaired) electrons. The predicted molar refractivity (Wildman–Crippen MR) is 80.5 cm³/mol. The molecule has 1 aromatic rings. The van der Waals surface area contributed by atoms with Crippen LogP contribution in [0.15, 0.2) is 23.1 Å². The van der Waals surface area contributed by atoms with E-state index in [4.69, 9.17) is 17.3 Å². The number of rotatable bonds is 4. The number of benzene rings is 1. The molecule has 0 saturated carbocycles. The molecule has 0 spiro atoms. The summed E-state index contributed by atoms with van der Waals surface area (Å²) in [4.78, 5) is 6.10. The number of likely N-dealkylation sites (N-methyl/N-ethyl adjacent to an activating group) is 1. The minimum absolute atomic E-state index is 0.652. The molecule has 0 aromatic heterocycles. The number of halogens is 1. The van der Waals surface area contributed by atoms with Gasteiger partial charge in [-0.15, -0.1) is 11.8 Å². The quantitative estimate of drug-likeness (QED) is 0.679. The lowest BCUT2D eigenvalue weighted by Crippen LogP contribution is -2.45. The van der Waals surface area contributed by atoms with Crippen LogP contribution < -0.4 is 5.73 Å². The number of hydrogen-bond acceptors (Lipinski definition) is 4. The van der Waals surface area contributed by atoms with Gasteiger partial charge >= 0.3 is 0 Å². The molecule has 1 aliphatic heterocycles. The summed E-state index contributed by atoms with van der Waals surface area (Å²) in [5.74, 6) is 1.10. The van der Waals surface area contributed by atoms with E-state index in [-0.39, 0.29) is 0 Å². The van der Waals surface area contributed by atoms with E-state index in [1.807, 2.05) is 30.0 Å². The molecule has 0 unspecified atom stereocenters. The normalized spacial score (nSPS) is 18.1. The first-order valence-corrected chi connectivity index (χ1v) is 7.60. The van der Waals surface area contributed by atoms with E-state index in [0.717, 1.165) is 12.3 Å². The molecule has 1 heterocycles. The van der Waals surface area contributed by atoms with Gasteiger partial charge in [-0.05, 0) is 25.2 Å². The second-order valence-corrected chi connectivity index (χ2v) is 6.25. The molecule has 0 bridgehead atoms. The standard InChI is InChI=1S/C13H20ClN3S/c1-16-4-6-17(7-5-16)8-9-18-11-2-3-13(15)12(14)10-11/h2-3,10H,4-9,15H2,1H3. The fourth-order valence-electron chi connectivity index (χ4n) is 1.96. The minimum atomic E-state index is 0.652. The van der Waals surface area contributed by atoms with E-state index in [2.05, 4.69) is 16.8 Å². The number of piperazine rings is 1. The fourth-order valence-corrected chi connectivity index (χ4v) is 3.16. The molecule has 0 atom stereocenters.